The second-order valence-electron chi connectivity index (χ2n) is 3.59. The molecular formula is C8H13NO2. The fraction of sp³-hybridized carbons (Fsp3) is 0.875. The zero-order valence-electron chi connectivity index (χ0n) is 6.72. The van der Waals surface area contributed by atoms with E-state index in [1.807, 2.05) is 0 Å². The third-order valence-electron chi connectivity index (χ3n) is 2.63. The van der Waals surface area contributed by atoms with Gasteiger partial charge in [-0.05, 0) is 18.8 Å². The number of ether oxygens (including phenoxy) is 1. The van der Waals surface area contributed by atoms with E-state index in [4.69, 9.17) is 4.74 Å². The van der Waals surface area contributed by atoms with Crippen LogP contribution in [-0.4, -0.2) is 25.2 Å². The number of rotatable bonds is 3. The summed E-state index contributed by atoms with van der Waals surface area (Å²) in [7, 11) is 1.69. The number of methoxy groups -OCH3 is 1. The number of carbonyl (C=O) groups excluding carboxylic acids is 1. The highest BCUT2D eigenvalue weighted by Gasteiger charge is 2.53. The van der Waals surface area contributed by atoms with Gasteiger partial charge in [0.25, 0.3) is 0 Å². The molecule has 11 heavy (non-hydrogen) atoms. The molecule has 0 aromatic rings. The van der Waals surface area contributed by atoms with Crippen molar-refractivity contribution in [3.8, 4) is 0 Å². The summed E-state index contributed by atoms with van der Waals surface area (Å²) in [6.07, 6.45) is 3.18. The molecule has 1 unspecified atom stereocenters. The first-order valence-electron chi connectivity index (χ1n) is 4.07. The van der Waals surface area contributed by atoms with Gasteiger partial charge in [-0.25, -0.2) is 0 Å². The highest BCUT2D eigenvalue weighted by Crippen LogP contribution is 2.45. The average Bonchev–Trinajstić information content (AvgIpc) is 2.65. The van der Waals surface area contributed by atoms with Crippen molar-refractivity contribution in [3.63, 3.8) is 0 Å². The molecular weight excluding hydrogens is 142 g/mol. The van der Waals surface area contributed by atoms with Crippen LogP contribution in [0.2, 0.25) is 0 Å². The minimum atomic E-state index is 0.0336. The number of hydrogen-bond donors (Lipinski definition) is 1. The largest absolute Gasteiger partial charge is 0.382 e. The van der Waals surface area contributed by atoms with E-state index in [0.29, 0.717) is 18.9 Å². The molecule has 3 heteroatoms. The van der Waals surface area contributed by atoms with E-state index >= 15 is 0 Å². The molecule has 1 N–H and O–H groups in total. The van der Waals surface area contributed by atoms with Crippen molar-refractivity contribution >= 4 is 5.91 Å². The average molecular weight is 155 g/mol. The normalized spacial score (nSPS) is 36.3. The fourth-order valence-corrected chi connectivity index (χ4v) is 1.89. The third kappa shape index (κ3) is 1.03. The van der Waals surface area contributed by atoms with Gasteiger partial charge in [0.1, 0.15) is 0 Å². The number of amides is 1. The summed E-state index contributed by atoms with van der Waals surface area (Å²) in [5.74, 6) is 0.870. The van der Waals surface area contributed by atoms with Gasteiger partial charge in [0.2, 0.25) is 5.91 Å². The van der Waals surface area contributed by atoms with E-state index in [2.05, 4.69) is 5.32 Å². The predicted octanol–water partition coefficient (Wildman–Crippen LogP) is 0.302. The van der Waals surface area contributed by atoms with Crippen molar-refractivity contribution in [3.05, 3.63) is 0 Å². The molecule has 0 aromatic heterocycles. The maximum absolute atomic E-state index is 10.8. The van der Waals surface area contributed by atoms with Gasteiger partial charge in [-0.3, -0.25) is 4.79 Å². The quantitative estimate of drug-likeness (QED) is 0.595. The Labute approximate surface area is 66.1 Å². The van der Waals surface area contributed by atoms with Crippen LogP contribution in [0.5, 0.6) is 0 Å². The van der Waals surface area contributed by atoms with E-state index < -0.39 is 0 Å². The first-order chi connectivity index (χ1) is 5.27. The molecule has 1 aliphatic heterocycles. The molecule has 62 valence electrons. The van der Waals surface area contributed by atoms with Gasteiger partial charge < -0.3 is 10.1 Å². The van der Waals surface area contributed by atoms with Crippen LogP contribution in [0.25, 0.3) is 0 Å². The second-order valence-corrected chi connectivity index (χ2v) is 3.59. The van der Waals surface area contributed by atoms with Gasteiger partial charge in [-0.2, -0.15) is 0 Å². The van der Waals surface area contributed by atoms with Crippen molar-refractivity contribution in [2.24, 2.45) is 5.92 Å². The molecule has 1 amide bonds. The molecule has 0 radical (unpaired) electrons. The number of β-lactam (4-membered cyclic amide) rings is 1. The Kier molecular flexibility index (Phi) is 1.42. The Morgan fingerprint density at radius 1 is 1.73 bits per heavy atom. The van der Waals surface area contributed by atoms with E-state index in [1.54, 1.807) is 7.11 Å². The molecule has 1 saturated heterocycles. The zero-order valence-corrected chi connectivity index (χ0v) is 6.72. The van der Waals surface area contributed by atoms with Crippen LogP contribution in [0.1, 0.15) is 19.3 Å². The summed E-state index contributed by atoms with van der Waals surface area (Å²) in [5, 5.41) is 2.96. The molecule has 1 atom stereocenters. The standard InChI is InChI=1S/C8H13NO2/c1-11-5-8(6-2-3-6)4-7(10)9-8/h6H,2-5H2,1H3,(H,9,10). The summed E-state index contributed by atoms with van der Waals surface area (Å²) >= 11 is 0. The maximum Gasteiger partial charge on any atom is 0.222 e. The third-order valence-corrected chi connectivity index (χ3v) is 2.63. The summed E-state index contributed by atoms with van der Waals surface area (Å²) < 4.78 is 5.08. The first-order valence-corrected chi connectivity index (χ1v) is 4.07. The van der Waals surface area contributed by atoms with Gasteiger partial charge in [-0.15, -0.1) is 0 Å². The molecule has 0 aromatic carbocycles. The summed E-state index contributed by atoms with van der Waals surface area (Å²) in [5.41, 5.74) is 0.0336. The van der Waals surface area contributed by atoms with Crippen LogP contribution in [0.4, 0.5) is 0 Å². The lowest BCUT2D eigenvalue weighted by Gasteiger charge is -2.42. The van der Waals surface area contributed by atoms with E-state index in [1.165, 1.54) is 12.8 Å². The second kappa shape index (κ2) is 2.21. The van der Waals surface area contributed by atoms with Gasteiger partial charge in [0.05, 0.1) is 18.6 Å². The molecule has 1 heterocycles. The molecule has 1 saturated carbocycles. The number of carbonyl (C=O) groups is 1. The summed E-state index contributed by atoms with van der Waals surface area (Å²) in [6, 6.07) is 0. The van der Waals surface area contributed by atoms with Crippen molar-refractivity contribution in [1.29, 1.82) is 0 Å². The fourth-order valence-electron chi connectivity index (χ4n) is 1.89. The highest BCUT2D eigenvalue weighted by molar-refractivity contribution is 5.85. The van der Waals surface area contributed by atoms with E-state index in [-0.39, 0.29) is 11.4 Å². The molecule has 2 aliphatic rings. The van der Waals surface area contributed by atoms with Crippen LogP contribution < -0.4 is 5.32 Å². The van der Waals surface area contributed by atoms with E-state index in [0.717, 1.165) is 0 Å². The van der Waals surface area contributed by atoms with Gasteiger partial charge >= 0.3 is 0 Å². The molecule has 0 bridgehead atoms. The van der Waals surface area contributed by atoms with Crippen LogP contribution in [0, 0.1) is 5.92 Å². The number of hydrogen-bond acceptors (Lipinski definition) is 2. The van der Waals surface area contributed by atoms with Crippen molar-refractivity contribution in [2.45, 2.75) is 24.8 Å². The monoisotopic (exact) mass is 155 g/mol. The Morgan fingerprint density at radius 2 is 2.36 bits per heavy atom. The SMILES string of the molecule is COCC1(C2CC2)CC(=O)N1. The van der Waals surface area contributed by atoms with Crippen molar-refractivity contribution in [1.82, 2.24) is 5.32 Å². The van der Waals surface area contributed by atoms with Gasteiger partial charge in [0.15, 0.2) is 0 Å². The summed E-state index contributed by atoms with van der Waals surface area (Å²) in [6.45, 7) is 0.684. The Balaban J connectivity index is 1.97. The van der Waals surface area contributed by atoms with Crippen LogP contribution in [-0.2, 0) is 9.53 Å². The molecule has 2 fully saturated rings. The van der Waals surface area contributed by atoms with Crippen molar-refractivity contribution in [2.75, 3.05) is 13.7 Å². The van der Waals surface area contributed by atoms with E-state index in [9.17, 15) is 4.79 Å². The lowest BCUT2D eigenvalue weighted by molar-refractivity contribution is -0.136. The highest BCUT2D eigenvalue weighted by atomic mass is 16.5. The van der Waals surface area contributed by atoms with Gasteiger partial charge in [0, 0.05) is 7.11 Å². The molecule has 0 spiro atoms. The minimum Gasteiger partial charge on any atom is -0.382 e. The molecule has 2 rings (SSSR count). The Hall–Kier alpha value is -0.570. The van der Waals surface area contributed by atoms with Crippen LogP contribution in [0.15, 0.2) is 0 Å². The Morgan fingerprint density at radius 3 is 2.73 bits per heavy atom. The van der Waals surface area contributed by atoms with Crippen LogP contribution in [0.3, 0.4) is 0 Å². The van der Waals surface area contributed by atoms with Crippen LogP contribution >= 0.6 is 0 Å². The maximum atomic E-state index is 10.8. The lowest BCUT2D eigenvalue weighted by atomic mass is 9.83. The minimum absolute atomic E-state index is 0.0336. The lowest BCUT2D eigenvalue weighted by Crippen LogP contribution is -2.65. The zero-order chi connectivity index (χ0) is 7.90. The molecule has 3 nitrogen and oxygen atoms in total. The van der Waals surface area contributed by atoms with Gasteiger partial charge in [-0.1, -0.05) is 0 Å². The molecule has 1 aliphatic carbocycles. The smallest absolute Gasteiger partial charge is 0.222 e. The first kappa shape index (κ1) is 7.10. The predicted molar refractivity (Wildman–Crippen MR) is 40.1 cm³/mol. The van der Waals surface area contributed by atoms with Crippen molar-refractivity contribution < 1.29 is 9.53 Å². The number of nitrogens with one attached hydrogen (secondary N) is 1. The topological polar surface area (TPSA) is 38.3 Å². The summed E-state index contributed by atoms with van der Waals surface area (Å²) in [4.78, 5) is 10.8. The Bertz CT molecular complexity index is 179.